The van der Waals surface area contributed by atoms with Crippen molar-refractivity contribution in [3.63, 3.8) is 0 Å². The number of ether oxygens (including phenoxy) is 1. The molecular weight excluding hydrogens is 248 g/mol. The molecular formula is C17H28N2O. The highest BCUT2D eigenvalue weighted by atomic mass is 16.5. The van der Waals surface area contributed by atoms with Crippen LogP contribution in [0.25, 0.3) is 0 Å². The van der Waals surface area contributed by atoms with Crippen LogP contribution in [-0.4, -0.2) is 24.3 Å². The number of hydrogen-bond donors (Lipinski definition) is 1. The molecule has 112 valence electrons. The van der Waals surface area contributed by atoms with Crippen molar-refractivity contribution in [3.05, 3.63) is 29.8 Å². The molecule has 0 amide bonds. The number of rotatable bonds is 5. The summed E-state index contributed by atoms with van der Waals surface area (Å²) in [5.74, 6) is 0. The molecule has 1 aliphatic heterocycles. The quantitative estimate of drug-likeness (QED) is 0.896. The van der Waals surface area contributed by atoms with Crippen LogP contribution in [0.1, 0.15) is 46.1 Å². The Labute approximate surface area is 123 Å². The van der Waals surface area contributed by atoms with E-state index in [1.54, 1.807) is 0 Å². The van der Waals surface area contributed by atoms with Crippen LogP contribution in [0.3, 0.4) is 0 Å². The summed E-state index contributed by atoms with van der Waals surface area (Å²) in [6.07, 6.45) is 2.63. The normalized spacial score (nSPS) is 21.4. The maximum atomic E-state index is 6.13. The fourth-order valence-electron chi connectivity index (χ4n) is 2.86. The summed E-state index contributed by atoms with van der Waals surface area (Å²) in [5, 5.41) is 0. The topological polar surface area (TPSA) is 38.5 Å². The van der Waals surface area contributed by atoms with Crippen LogP contribution in [-0.2, 0) is 11.3 Å². The lowest BCUT2D eigenvalue weighted by atomic mass is 10.1. The molecule has 1 aliphatic rings. The average Bonchev–Trinajstić information content (AvgIpc) is 2.75. The van der Waals surface area contributed by atoms with Gasteiger partial charge in [0.1, 0.15) is 0 Å². The van der Waals surface area contributed by atoms with Crippen molar-refractivity contribution in [3.8, 4) is 0 Å². The van der Waals surface area contributed by atoms with Gasteiger partial charge in [-0.2, -0.15) is 0 Å². The monoisotopic (exact) mass is 276 g/mol. The van der Waals surface area contributed by atoms with E-state index in [2.05, 4.69) is 56.9 Å². The minimum atomic E-state index is 0.0384. The predicted molar refractivity (Wildman–Crippen MR) is 85.0 cm³/mol. The van der Waals surface area contributed by atoms with Gasteiger partial charge in [-0.25, -0.2) is 0 Å². The first-order valence-corrected chi connectivity index (χ1v) is 7.65. The van der Waals surface area contributed by atoms with Crippen LogP contribution < -0.4 is 10.6 Å². The van der Waals surface area contributed by atoms with E-state index < -0.39 is 0 Å². The van der Waals surface area contributed by atoms with Crippen LogP contribution in [0.4, 0.5) is 5.69 Å². The maximum Gasteiger partial charge on any atom is 0.0758 e. The molecule has 0 spiro atoms. The Morgan fingerprint density at radius 3 is 2.40 bits per heavy atom. The van der Waals surface area contributed by atoms with Crippen molar-refractivity contribution < 1.29 is 4.74 Å². The van der Waals surface area contributed by atoms with Crippen molar-refractivity contribution in [2.75, 3.05) is 11.4 Å². The molecule has 0 bridgehead atoms. The molecule has 3 heteroatoms. The number of benzene rings is 1. The van der Waals surface area contributed by atoms with Crippen LogP contribution in [0, 0.1) is 0 Å². The molecule has 1 fully saturated rings. The Morgan fingerprint density at radius 1 is 1.30 bits per heavy atom. The molecule has 2 N–H and O–H groups in total. The molecule has 0 saturated carbocycles. The van der Waals surface area contributed by atoms with Gasteiger partial charge in [0, 0.05) is 24.8 Å². The SMILES string of the molecule is CC(C)N(CC1CCC(C)(C)O1)c1ccc(CN)cc1. The molecule has 0 radical (unpaired) electrons. The van der Waals surface area contributed by atoms with Gasteiger partial charge in [0.25, 0.3) is 0 Å². The second kappa shape index (κ2) is 6.15. The van der Waals surface area contributed by atoms with E-state index in [0.29, 0.717) is 18.7 Å². The van der Waals surface area contributed by atoms with Gasteiger partial charge in [0.05, 0.1) is 11.7 Å². The number of nitrogens with zero attached hydrogens (tertiary/aromatic N) is 1. The van der Waals surface area contributed by atoms with Crippen molar-refractivity contribution in [1.82, 2.24) is 0 Å². The summed E-state index contributed by atoms with van der Waals surface area (Å²) in [5.41, 5.74) is 8.13. The number of anilines is 1. The van der Waals surface area contributed by atoms with E-state index in [-0.39, 0.29) is 5.60 Å². The van der Waals surface area contributed by atoms with E-state index in [9.17, 15) is 0 Å². The highest BCUT2D eigenvalue weighted by Crippen LogP contribution is 2.31. The molecule has 1 aromatic rings. The summed E-state index contributed by atoms with van der Waals surface area (Å²) in [7, 11) is 0. The average molecular weight is 276 g/mol. The highest BCUT2D eigenvalue weighted by molar-refractivity contribution is 5.48. The van der Waals surface area contributed by atoms with E-state index in [1.807, 2.05) is 0 Å². The molecule has 1 atom stereocenters. The summed E-state index contributed by atoms with van der Waals surface area (Å²) < 4.78 is 6.13. The molecule has 3 nitrogen and oxygen atoms in total. The van der Waals surface area contributed by atoms with Gasteiger partial charge in [-0.1, -0.05) is 12.1 Å². The third kappa shape index (κ3) is 3.74. The predicted octanol–water partition coefficient (Wildman–Crippen LogP) is 3.32. The van der Waals surface area contributed by atoms with Crippen LogP contribution in [0.2, 0.25) is 0 Å². The maximum absolute atomic E-state index is 6.13. The zero-order chi connectivity index (χ0) is 14.8. The van der Waals surface area contributed by atoms with Crippen LogP contribution >= 0.6 is 0 Å². The van der Waals surface area contributed by atoms with Gasteiger partial charge in [-0.3, -0.25) is 0 Å². The molecule has 1 saturated heterocycles. The van der Waals surface area contributed by atoms with E-state index in [0.717, 1.165) is 19.4 Å². The smallest absolute Gasteiger partial charge is 0.0758 e. The lowest BCUT2D eigenvalue weighted by Crippen LogP contribution is -2.38. The summed E-state index contributed by atoms with van der Waals surface area (Å²) in [6.45, 7) is 10.4. The highest BCUT2D eigenvalue weighted by Gasteiger charge is 2.33. The van der Waals surface area contributed by atoms with Gasteiger partial charge in [0.15, 0.2) is 0 Å². The fraction of sp³-hybridized carbons (Fsp3) is 0.647. The van der Waals surface area contributed by atoms with Gasteiger partial charge < -0.3 is 15.4 Å². The van der Waals surface area contributed by atoms with Crippen molar-refractivity contribution in [2.24, 2.45) is 5.73 Å². The molecule has 2 rings (SSSR count). The molecule has 0 aromatic heterocycles. The van der Waals surface area contributed by atoms with E-state index in [4.69, 9.17) is 10.5 Å². The molecule has 1 heterocycles. The Hall–Kier alpha value is -1.06. The minimum absolute atomic E-state index is 0.0384. The lowest BCUT2D eigenvalue weighted by molar-refractivity contribution is -0.0120. The van der Waals surface area contributed by atoms with Crippen molar-refractivity contribution in [2.45, 2.75) is 64.8 Å². The van der Waals surface area contributed by atoms with Crippen molar-refractivity contribution in [1.29, 1.82) is 0 Å². The van der Waals surface area contributed by atoms with Gasteiger partial charge in [-0.05, 0) is 58.2 Å². The standard InChI is InChI=1S/C17H28N2O/c1-13(2)19(12-16-9-10-17(3,4)20-16)15-7-5-14(11-18)6-8-15/h5-8,13,16H,9-12,18H2,1-4H3. The largest absolute Gasteiger partial charge is 0.371 e. The zero-order valence-corrected chi connectivity index (χ0v) is 13.2. The van der Waals surface area contributed by atoms with E-state index >= 15 is 0 Å². The first-order valence-electron chi connectivity index (χ1n) is 7.65. The first kappa shape index (κ1) is 15.3. The summed E-state index contributed by atoms with van der Waals surface area (Å²) in [4.78, 5) is 2.42. The minimum Gasteiger partial charge on any atom is -0.371 e. The van der Waals surface area contributed by atoms with Crippen molar-refractivity contribution >= 4 is 5.69 Å². The second-order valence-corrected chi connectivity index (χ2v) is 6.65. The third-order valence-electron chi connectivity index (χ3n) is 4.08. The Balaban J connectivity index is 2.07. The number of nitrogens with two attached hydrogens (primary N) is 1. The molecule has 0 aliphatic carbocycles. The van der Waals surface area contributed by atoms with Gasteiger partial charge in [-0.15, -0.1) is 0 Å². The molecule has 1 unspecified atom stereocenters. The lowest BCUT2D eigenvalue weighted by Gasteiger charge is -2.32. The van der Waals surface area contributed by atoms with Gasteiger partial charge in [0.2, 0.25) is 0 Å². The summed E-state index contributed by atoms with van der Waals surface area (Å²) in [6, 6.07) is 9.03. The number of hydrogen-bond acceptors (Lipinski definition) is 3. The first-order chi connectivity index (χ1) is 9.41. The third-order valence-corrected chi connectivity index (χ3v) is 4.08. The molecule has 1 aromatic carbocycles. The Morgan fingerprint density at radius 2 is 1.95 bits per heavy atom. The second-order valence-electron chi connectivity index (χ2n) is 6.65. The van der Waals surface area contributed by atoms with Crippen LogP contribution in [0.15, 0.2) is 24.3 Å². The molecule has 20 heavy (non-hydrogen) atoms. The van der Waals surface area contributed by atoms with E-state index in [1.165, 1.54) is 11.3 Å². The fourth-order valence-corrected chi connectivity index (χ4v) is 2.86. The Bertz CT molecular complexity index is 425. The van der Waals surface area contributed by atoms with Crippen LogP contribution in [0.5, 0.6) is 0 Å². The van der Waals surface area contributed by atoms with Gasteiger partial charge >= 0.3 is 0 Å². The Kier molecular flexibility index (Phi) is 4.71. The summed E-state index contributed by atoms with van der Waals surface area (Å²) >= 11 is 0. The zero-order valence-electron chi connectivity index (χ0n) is 13.2.